The van der Waals surface area contributed by atoms with Gasteiger partial charge < -0.3 is 10.3 Å². The highest BCUT2D eigenvalue weighted by molar-refractivity contribution is 6.35. The van der Waals surface area contributed by atoms with E-state index < -0.39 is 0 Å². The van der Waals surface area contributed by atoms with E-state index in [4.69, 9.17) is 34.3 Å². The summed E-state index contributed by atoms with van der Waals surface area (Å²) in [6, 6.07) is 12.9. The predicted molar refractivity (Wildman–Crippen MR) is 94.2 cm³/mol. The molecule has 0 radical (unpaired) electrons. The summed E-state index contributed by atoms with van der Waals surface area (Å²) in [7, 11) is 0. The Morgan fingerprint density at radius 2 is 2.00 bits per heavy atom. The summed E-state index contributed by atoms with van der Waals surface area (Å²) in [5.74, 6) is 0.793. The Balaban J connectivity index is 1.97. The molecule has 0 aliphatic carbocycles. The van der Waals surface area contributed by atoms with Gasteiger partial charge in [-0.25, -0.2) is 4.98 Å². The number of amidine groups is 1. The molecular formula is C17H14Cl2N4. The lowest BCUT2D eigenvalue weighted by Gasteiger charge is -2.10. The number of hydrogen-bond donors (Lipinski definition) is 2. The van der Waals surface area contributed by atoms with E-state index in [0.717, 1.165) is 17.0 Å². The first-order chi connectivity index (χ1) is 11.0. The summed E-state index contributed by atoms with van der Waals surface area (Å²) >= 11 is 12.3. The molecule has 3 aromatic rings. The van der Waals surface area contributed by atoms with Crippen molar-refractivity contribution in [1.29, 1.82) is 5.41 Å². The van der Waals surface area contributed by atoms with Crippen LogP contribution < -0.4 is 5.73 Å². The average Bonchev–Trinajstić information content (AvgIpc) is 2.98. The maximum Gasteiger partial charge on any atom is 0.141 e. The smallest absolute Gasteiger partial charge is 0.141 e. The first-order valence-corrected chi connectivity index (χ1v) is 7.70. The number of benzene rings is 2. The second-order valence-electron chi connectivity index (χ2n) is 5.12. The van der Waals surface area contributed by atoms with Crippen LogP contribution in [0.25, 0.3) is 11.4 Å². The zero-order valence-corrected chi connectivity index (χ0v) is 13.6. The highest BCUT2D eigenvalue weighted by atomic mass is 35.5. The molecule has 0 aliphatic heterocycles. The molecule has 0 saturated carbocycles. The Bertz CT molecular complexity index is 871. The van der Waals surface area contributed by atoms with Gasteiger partial charge in [0.2, 0.25) is 0 Å². The lowest BCUT2D eigenvalue weighted by Crippen LogP contribution is -2.11. The number of nitrogen functional groups attached to an aromatic ring is 1. The molecule has 2 aromatic carbocycles. The molecule has 1 heterocycles. The molecule has 0 saturated heterocycles. The number of aromatic nitrogens is 2. The molecule has 4 nitrogen and oxygen atoms in total. The fourth-order valence-electron chi connectivity index (χ4n) is 2.38. The van der Waals surface area contributed by atoms with Gasteiger partial charge in [-0.1, -0.05) is 41.4 Å². The van der Waals surface area contributed by atoms with E-state index >= 15 is 0 Å². The van der Waals surface area contributed by atoms with E-state index in [0.29, 0.717) is 22.2 Å². The summed E-state index contributed by atoms with van der Waals surface area (Å²) in [6.07, 6.45) is 3.61. The van der Waals surface area contributed by atoms with Crippen LogP contribution in [0.4, 0.5) is 0 Å². The third-order valence-electron chi connectivity index (χ3n) is 3.48. The number of halogens is 2. The number of hydrogen-bond acceptors (Lipinski definition) is 2. The zero-order chi connectivity index (χ0) is 16.4. The topological polar surface area (TPSA) is 67.7 Å². The van der Waals surface area contributed by atoms with Gasteiger partial charge in [0.15, 0.2) is 0 Å². The number of nitrogens with zero attached hydrogens (tertiary/aromatic N) is 2. The van der Waals surface area contributed by atoms with E-state index in [1.165, 1.54) is 0 Å². The Kier molecular flexibility index (Phi) is 4.37. The number of nitrogens with two attached hydrogens (primary N) is 1. The van der Waals surface area contributed by atoms with Crippen molar-refractivity contribution >= 4 is 29.0 Å². The fraction of sp³-hybridized carbons (Fsp3) is 0.0588. The molecule has 0 unspecified atom stereocenters. The minimum Gasteiger partial charge on any atom is -0.384 e. The van der Waals surface area contributed by atoms with Crippen LogP contribution in [0.2, 0.25) is 10.0 Å². The lowest BCUT2D eigenvalue weighted by atomic mass is 10.1. The minimum absolute atomic E-state index is 0.0515. The van der Waals surface area contributed by atoms with E-state index in [2.05, 4.69) is 4.98 Å². The summed E-state index contributed by atoms with van der Waals surface area (Å²) in [6.45, 7) is 0.597. The van der Waals surface area contributed by atoms with Gasteiger partial charge in [-0.3, -0.25) is 5.41 Å². The van der Waals surface area contributed by atoms with E-state index in [1.54, 1.807) is 24.4 Å². The maximum atomic E-state index is 7.54. The third-order valence-corrected chi connectivity index (χ3v) is 4.04. The van der Waals surface area contributed by atoms with Gasteiger partial charge in [0.1, 0.15) is 11.7 Å². The molecule has 3 rings (SSSR count). The number of rotatable bonds is 4. The Hall–Kier alpha value is -2.30. The van der Waals surface area contributed by atoms with Crippen LogP contribution in [0.5, 0.6) is 0 Å². The molecular weight excluding hydrogens is 331 g/mol. The SMILES string of the molecule is N=C(N)c1cccc(Cn2ccnc2-c2cc(Cl)ccc2Cl)c1. The van der Waals surface area contributed by atoms with Gasteiger partial charge in [0.25, 0.3) is 0 Å². The standard InChI is InChI=1S/C17H14Cl2N4/c18-13-4-5-15(19)14(9-13)17-22-6-7-23(17)10-11-2-1-3-12(8-11)16(20)21/h1-9H,10H2,(H3,20,21). The highest BCUT2D eigenvalue weighted by Crippen LogP contribution is 2.29. The number of nitrogens with one attached hydrogen (secondary N) is 1. The fourth-order valence-corrected chi connectivity index (χ4v) is 2.76. The van der Waals surface area contributed by atoms with E-state index in [-0.39, 0.29) is 5.84 Å². The number of imidazole rings is 1. The largest absolute Gasteiger partial charge is 0.384 e. The molecule has 6 heteroatoms. The Labute approximate surface area is 144 Å². The summed E-state index contributed by atoms with van der Waals surface area (Å²) in [4.78, 5) is 4.40. The van der Waals surface area contributed by atoms with Gasteiger partial charge in [0, 0.05) is 35.1 Å². The van der Waals surface area contributed by atoms with Crippen LogP contribution in [-0.4, -0.2) is 15.4 Å². The quantitative estimate of drug-likeness (QED) is 0.550. The molecule has 0 spiro atoms. The van der Waals surface area contributed by atoms with Crippen molar-refractivity contribution in [2.75, 3.05) is 0 Å². The minimum atomic E-state index is 0.0515. The first-order valence-electron chi connectivity index (χ1n) is 6.94. The molecule has 0 fully saturated rings. The third kappa shape index (κ3) is 3.38. The van der Waals surface area contributed by atoms with E-state index in [9.17, 15) is 0 Å². The normalized spacial score (nSPS) is 10.7. The van der Waals surface area contributed by atoms with Crippen molar-refractivity contribution in [3.8, 4) is 11.4 Å². The van der Waals surface area contributed by atoms with Crippen LogP contribution in [-0.2, 0) is 6.54 Å². The lowest BCUT2D eigenvalue weighted by molar-refractivity contribution is 0.807. The molecule has 0 aliphatic rings. The Morgan fingerprint density at radius 1 is 1.17 bits per heavy atom. The maximum absolute atomic E-state index is 7.54. The first kappa shape index (κ1) is 15.6. The zero-order valence-electron chi connectivity index (χ0n) is 12.1. The molecule has 23 heavy (non-hydrogen) atoms. The van der Waals surface area contributed by atoms with Gasteiger partial charge in [-0.2, -0.15) is 0 Å². The second-order valence-corrected chi connectivity index (χ2v) is 5.96. The monoisotopic (exact) mass is 344 g/mol. The summed E-state index contributed by atoms with van der Waals surface area (Å²) < 4.78 is 1.98. The molecule has 0 atom stereocenters. The van der Waals surface area contributed by atoms with Crippen molar-refractivity contribution in [2.45, 2.75) is 6.54 Å². The van der Waals surface area contributed by atoms with Crippen LogP contribution in [0, 0.1) is 5.41 Å². The molecule has 0 bridgehead atoms. The van der Waals surface area contributed by atoms with Crippen molar-refractivity contribution in [3.63, 3.8) is 0 Å². The van der Waals surface area contributed by atoms with Crippen LogP contribution in [0.1, 0.15) is 11.1 Å². The Morgan fingerprint density at radius 3 is 2.78 bits per heavy atom. The van der Waals surface area contributed by atoms with Crippen molar-refractivity contribution < 1.29 is 0 Å². The summed E-state index contributed by atoms with van der Waals surface area (Å²) in [5, 5.41) is 8.74. The highest BCUT2D eigenvalue weighted by Gasteiger charge is 2.11. The van der Waals surface area contributed by atoms with Gasteiger partial charge in [-0.05, 0) is 29.8 Å². The second kappa shape index (κ2) is 6.44. The van der Waals surface area contributed by atoms with E-state index in [1.807, 2.05) is 35.0 Å². The van der Waals surface area contributed by atoms with Crippen molar-refractivity contribution in [3.05, 3.63) is 76.0 Å². The predicted octanol–water partition coefficient (Wildman–Crippen LogP) is 4.19. The molecule has 3 N–H and O–H groups in total. The molecule has 0 amide bonds. The molecule has 1 aromatic heterocycles. The van der Waals surface area contributed by atoms with Gasteiger partial charge >= 0.3 is 0 Å². The van der Waals surface area contributed by atoms with Crippen molar-refractivity contribution in [2.24, 2.45) is 5.73 Å². The average molecular weight is 345 g/mol. The van der Waals surface area contributed by atoms with Gasteiger partial charge in [-0.15, -0.1) is 0 Å². The van der Waals surface area contributed by atoms with Gasteiger partial charge in [0.05, 0.1) is 5.02 Å². The van der Waals surface area contributed by atoms with Crippen LogP contribution >= 0.6 is 23.2 Å². The summed E-state index contributed by atoms with van der Waals surface area (Å²) in [5.41, 5.74) is 8.05. The van der Waals surface area contributed by atoms with Crippen LogP contribution in [0.15, 0.2) is 54.9 Å². The molecule has 116 valence electrons. The van der Waals surface area contributed by atoms with Crippen molar-refractivity contribution in [1.82, 2.24) is 9.55 Å². The van der Waals surface area contributed by atoms with Crippen LogP contribution in [0.3, 0.4) is 0 Å².